The van der Waals surface area contributed by atoms with E-state index in [1.807, 2.05) is 0 Å². The van der Waals surface area contributed by atoms with Crippen LogP contribution in [0.4, 0.5) is 28.4 Å². The molecule has 0 spiro atoms. The lowest BCUT2D eigenvalue weighted by Crippen LogP contribution is -2.37. The molecule has 0 saturated heterocycles. The van der Waals surface area contributed by atoms with Gasteiger partial charge < -0.3 is 24.2 Å². The first-order chi connectivity index (χ1) is 43.3. The molecule has 11 rings (SSSR count). The van der Waals surface area contributed by atoms with Gasteiger partial charge in [-0.2, -0.15) is 0 Å². The molecule has 91 heavy (non-hydrogen) atoms. The quantitative estimate of drug-likeness (QED) is 0.107. The summed E-state index contributed by atoms with van der Waals surface area (Å²) in [6, 6.07) is 58.0. The van der Waals surface area contributed by atoms with E-state index >= 15 is 0 Å². The number of nitrogens with zero attached hydrogens (tertiary/aromatic N) is 3. The minimum Gasteiger partial charge on any atom is -0.457 e. The van der Waals surface area contributed by atoms with Crippen LogP contribution in [0, 0.1) is 17.8 Å². The summed E-state index contributed by atoms with van der Waals surface area (Å²) in [6.45, 7) is 40.4. The Bertz CT molecular complexity index is 4200. The number of fused-ring (bicyclic) bond motifs is 2. The topological polar surface area (TPSA) is 28.2 Å². The molecule has 0 radical (unpaired) electrons. The van der Waals surface area contributed by atoms with Gasteiger partial charge in [0.05, 0.1) is 28.8 Å². The predicted molar refractivity (Wildman–Crippen MR) is 390 cm³/mol. The highest BCUT2D eigenvalue weighted by Crippen LogP contribution is 2.48. The molecule has 0 bridgehead atoms. The molecular weight excluding hydrogens is 1110 g/mol. The predicted octanol–water partition coefficient (Wildman–Crippen LogP) is 24.1. The smallest absolute Gasteiger partial charge is 0.151 e. The summed E-state index contributed by atoms with van der Waals surface area (Å²) in [4.78, 5) is 7.22. The van der Waals surface area contributed by atoms with Gasteiger partial charge in [0.2, 0.25) is 0 Å². The zero-order valence-electron chi connectivity index (χ0n) is 56.8. The van der Waals surface area contributed by atoms with Gasteiger partial charge in [0.1, 0.15) is 11.5 Å². The maximum atomic E-state index is 7.10. The molecule has 5 heteroatoms. The summed E-state index contributed by atoms with van der Waals surface area (Å²) in [5, 5.41) is 0. The van der Waals surface area contributed by atoms with Crippen molar-refractivity contribution in [1.29, 1.82) is 0 Å². The maximum absolute atomic E-state index is 7.10. The van der Waals surface area contributed by atoms with Crippen molar-refractivity contribution in [3.05, 3.63) is 293 Å². The van der Waals surface area contributed by atoms with E-state index in [1.165, 1.54) is 44.7 Å². The lowest BCUT2D eigenvalue weighted by atomic mass is 9.82. The van der Waals surface area contributed by atoms with E-state index in [1.54, 1.807) is 0 Å². The fourth-order valence-corrected chi connectivity index (χ4v) is 12.8. The fraction of sp³-hybridized carbons (Fsp3) is 0.279. The van der Waals surface area contributed by atoms with Crippen LogP contribution in [0.2, 0.25) is 0 Å². The molecule has 4 aliphatic rings. The minimum absolute atomic E-state index is 0.0638. The van der Waals surface area contributed by atoms with Crippen LogP contribution in [-0.4, -0.2) is 6.04 Å². The highest BCUT2D eigenvalue weighted by Gasteiger charge is 2.33. The van der Waals surface area contributed by atoms with Crippen molar-refractivity contribution in [2.24, 2.45) is 10.8 Å². The van der Waals surface area contributed by atoms with Crippen molar-refractivity contribution in [3.63, 3.8) is 0 Å². The zero-order valence-corrected chi connectivity index (χ0v) is 56.8. The van der Waals surface area contributed by atoms with Crippen molar-refractivity contribution >= 4 is 39.6 Å². The third-order valence-corrected chi connectivity index (χ3v) is 18.3. The Morgan fingerprint density at radius 2 is 1.20 bits per heavy atom. The van der Waals surface area contributed by atoms with Crippen molar-refractivity contribution in [3.8, 4) is 33.8 Å². The molecule has 2 aliphatic heterocycles. The SMILES string of the molecule is C=C(C=CC(=CC)N1C2=C(CC=C(c3ccc(N(c4ccccc4)c4ccc(-c5ccc6c(c5)OC(C=C(C)c5ccc(C(C)(C)C)cc5)=C(CC)N6C5C=CC(C(C)(C)C)=CC5)cc4)cc3)C=C2)Oc2cc(-c3ccc(C(C)(C)C)c(C)c3)ccc21)C(C)(C)C. The molecule has 2 heterocycles. The van der Waals surface area contributed by atoms with Crippen molar-refractivity contribution in [1.82, 2.24) is 0 Å². The largest absolute Gasteiger partial charge is 0.457 e. The zero-order chi connectivity index (χ0) is 64.7. The van der Waals surface area contributed by atoms with E-state index in [0.29, 0.717) is 6.42 Å². The number of rotatable bonds is 13. The van der Waals surface area contributed by atoms with Crippen LogP contribution in [0.25, 0.3) is 33.4 Å². The van der Waals surface area contributed by atoms with Crippen LogP contribution in [0.1, 0.15) is 151 Å². The fourth-order valence-electron chi connectivity index (χ4n) is 12.8. The Morgan fingerprint density at radius 3 is 1.78 bits per heavy atom. The number of hydrogen-bond acceptors (Lipinski definition) is 5. The lowest BCUT2D eigenvalue weighted by Gasteiger charge is -2.40. The number of benzene rings is 7. The van der Waals surface area contributed by atoms with Gasteiger partial charge >= 0.3 is 0 Å². The molecule has 0 aromatic heterocycles. The van der Waals surface area contributed by atoms with Gasteiger partial charge in [-0.1, -0.05) is 236 Å². The summed E-state index contributed by atoms with van der Waals surface area (Å²) in [6.07, 6.45) is 25.1. The van der Waals surface area contributed by atoms with E-state index in [9.17, 15) is 0 Å². The Labute approximate surface area is 544 Å². The second-order valence-corrected chi connectivity index (χ2v) is 29.0. The standard InChI is InChI=1S/C86H93N3O2/c1-18-69(41-25-59(5)83(6,7)8)88-76-49-33-62(36-52-79(76)90-81-56-66(35-51-77(81)88)64-32-48-74(58(4)53-64)86(15,16)17)61-28-42-71(43-29-61)87(70-23-21-20-22-24-70)72-44-30-63(31-45-72)65-34-50-78-82(55-65)91-80(54-57(3)60-26-37-67(38-27-60)84(9,10)11)75(19-2)89(78)73-46-39-68(40-47-73)85(12,13)14/h18,20-46,48-51,53-56,73H,5,19,47,52H2,1-4,6-17H3. The molecule has 0 N–H and O–H groups in total. The number of allylic oxidation sites excluding steroid dienone is 13. The number of ether oxygens (including phenoxy) is 2. The third-order valence-electron chi connectivity index (χ3n) is 18.3. The number of anilines is 5. The summed E-state index contributed by atoms with van der Waals surface area (Å²) < 4.78 is 14.1. The van der Waals surface area contributed by atoms with Gasteiger partial charge in [0.25, 0.3) is 0 Å². The summed E-state index contributed by atoms with van der Waals surface area (Å²) in [5.41, 5.74) is 24.2. The van der Waals surface area contributed by atoms with Crippen LogP contribution < -0.4 is 24.2 Å². The van der Waals surface area contributed by atoms with Crippen LogP contribution in [0.3, 0.4) is 0 Å². The van der Waals surface area contributed by atoms with Gasteiger partial charge in [0.15, 0.2) is 11.5 Å². The van der Waals surface area contributed by atoms with Crippen LogP contribution in [0.15, 0.2) is 265 Å². The van der Waals surface area contributed by atoms with Gasteiger partial charge in [-0.15, -0.1) is 0 Å². The van der Waals surface area contributed by atoms with Gasteiger partial charge in [-0.3, -0.25) is 0 Å². The van der Waals surface area contributed by atoms with Gasteiger partial charge in [-0.05, 0) is 207 Å². The lowest BCUT2D eigenvalue weighted by molar-refractivity contribution is 0.402. The number of hydrogen-bond donors (Lipinski definition) is 0. The Hall–Kier alpha value is -9.06. The molecule has 2 aliphatic carbocycles. The first-order valence-electron chi connectivity index (χ1n) is 32.7. The molecule has 1 atom stereocenters. The maximum Gasteiger partial charge on any atom is 0.151 e. The van der Waals surface area contributed by atoms with Gasteiger partial charge in [-0.25, -0.2) is 0 Å². The van der Waals surface area contributed by atoms with Crippen molar-refractivity contribution < 1.29 is 9.47 Å². The molecule has 5 nitrogen and oxygen atoms in total. The van der Waals surface area contributed by atoms with Crippen molar-refractivity contribution in [2.45, 2.75) is 147 Å². The summed E-state index contributed by atoms with van der Waals surface area (Å²) in [7, 11) is 0. The molecule has 0 amide bonds. The monoisotopic (exact) mass is 1200 g/mol. The molecular formula is C86H93N3O2. The summed E-state index contributed by atoms with van der Waals surface area (Å²) in [5.74, 6) is 3.48. The van der Waals surface area contributed by atoms with E-state index in [2.05, 4.69) is 351 Å². The second-order valence-electron chi connectivity index (χ2n) is 29.0. The third kappa shape index (κ3) is 13.5. The van der Waals surface area contributed by atoms with E-state index < -0.39 is 0 Å². The average Bonchev–Trinajstić information content (AvgIpc) is 1.57. The molecule has 0 fully saturated rings. The first-order valence-corrected chi connectivity index (χ1v) is 32.7. The van der Waals surface area contributed by atoms with Gasteiger partial charge in [0, 0.05) is 29.2 Å². The minimum atomic E-state index is -0.0652. The number of aryl methyl sites for hydroxylation is 1. The molecule has 0 saturated carbocycles. The van der Waals surface area contributed by atoms with Crippen LogP contribution >= 0.6 is 0 Å². The average molecular weight is 1200 g/mol. The van der Waals surface area contributed by atoms with E-state index in [-0.39, 0.29) is 27.7 Å². The summed E-state index contributed by atoms with van der Waals surface area (Å²) >= 11 is 0. The highest BCUT2D eigenvalue weighted by molar-refractivity contribution is 5.85. The molecule has 7 aromatic rings. The molecule has 1 unspecified atom stereocenters. The van der Waals surface area contributed by atoms with E-state index in [0.717, 1.165) is 109 Å². The highest BCUT2D eigenvalue weighted by atomic mass is 16.5. The normalized spacial score (nSPS) is 16.4. The van der Waals surface area contributed by atoms with Crippen LogP contribution in [0.5, 0.6) is 11.5 Å². The second kappa shape index (κ2) is 25.3. The molecule has 7 aromatic carbocycles. The molecule has 464 valence electrons. The number of para-hydroxylation sites is 1. The Balaban J connectivity index is 0.883. The Morgan fingerprint density at radius 1 is 0.604 bits per heavy atom. The first kappa shape index (κ1) is 63.5. The van der Waals surface area contributed by atoms with Crippen molar-refractivity contribution in [2.75, 3.05) is 14.7 Å². The Kier molecular flexibility index (Phi) is 17.7. The van der Waals surface area contributed by atoms with Crippen LogP contribution in [-0.2, 0) is 10.8 Å². The van der Waals surface area contributed by atoms with E-state index in [4.69, 9.17) is 9.47 Å².